The number of hydrogen-bond acceptors (Lipinski definition) is 4. The zero-order valence-corrected chi connectivity index (χ0v) is 38.7. The summed E-state index contributed by atoms with van der Waals surface area (Å²) in [5.74, 6) is 0. The maximum absolute atomic E-state index is 6.52. The summed E-state index contributed by atoms with van der Waals surface area (Å²) in [6.07, 6.45) is 0. The van der Waals surface area contributed by atoms with E-state index >= 15 is 0 Å². The van der Waals surface area contributed by atoms with Crippen molar-refractivity contribution >= 4 is 92.4 Å². The zero-order valence-electron chi connectivity index (χ0n) is 37.8. The Balaban J connectivity index is 0.930. The molecule has 3 aromatic heterocycles. The van der Waals surface area contributed by atoms with Crippen LogP contribution >= 0.6 is 11.3 Å². The van der Waals surface area contributed by atoms with Gasteiger partial charge in [0, 0.05) is 69.8 Å². The van der Waals surface area contributed by atoms with Crippen molar-refractivity contribution in [3.8, 4) is 55.6 Å². The molecule has 0 N–H and O–H groups in total. The summed E-state index contributed by atoms with van der Waals surface area (Å²) in [4.78, 5) is 2.41. The van der Waals surface area contributed by atoms with Gasteiger partial charge in [0.15, 0.2) is 0 Å². The van der Waals surface area contributed by atoms with Gasteiger partial charge in [0.05, 0.1) is 5.69 Å². The van der Waals surface area contributed by atoms with Crippen LogP contribution in [0.4, 0.5) is 17.1 Å². The Morgan fingerprint density at radius 1 is 0.286 bits per heavy atom. The first-order valence-electron chi connectivity index (χ1n) is 23.7. The number of benzene rings is 11. The Bertz CT molecular complexity index is 4120. The topological polar surface area (TPSA) is 29.5 Å². The Labute approximate surface area is 408 Å². The molecule has 0 aliphatic carbocycles. The van der Waals surface area contributed by atoms with Crippen molar-refractivity contribution in [2.24, 2.45) is 0 Å². The lowest BCUT2D eigenvalue weighted by molar-refractivity contribution is 0.669. The fraction of sp³-hybridized carbons (Fsp3) is 0. The van der Waals surface area contributed by atoms with E-state index in [-0.39, 0.29) is 0 Å². The molecule has 0 aliphatic heterocycles. The van der Waals surface area contributed by atoms with Crippen LogP contribution in [-0.2, 0) is 0 Å². The molecular weight excluding hydrogens is 871 g/mol. The Hall–Kier alpha value is -8.96. The highest BCUT2D eigenvalue weighted by Gasteiger charge is 2.21. The maximum Gasteiger partial charge on any atom is 0.143 e. The number of hydrogen-bond donors (Lipinski definition) is 0. The molecule has 0 aliphatic rings. The molecule has 0 radical (unpaired) electrons. The first kappa shape index (κ1) is 40.1. The minimum absolute atomic E-state index is 0.892. The van der Waals surface area contributed by atoms with E-state index in [1.807, 2.05) is 35.6 Å². The number of fused-ring (bicyclic) bond motifs is 9. The summed E-state index contributed by atoms with van der Waals surface area (Å²) < 4.78 is 15.7. The molecule has 11 aromatic carbocycles. The molecule has 14 rings (SSSR count). The van der Waals surface area contributed by atoms with Crippen molar-refractivity contribution in [1.29, 1.82) is 0 Å². The van der Waals surface area contributed by atoms with E-state index in [9.17, 15) is 0 Å². The average Bonchev–Trinajstić information content (AvgIpc) is 4.14. The number of nitrogens with zero attached hydrogens (tertiary/aromatic N) is 1. The summed E-state index contributed by atoms with van der Waals surface area (Å²) in [7, 11) is 0. The summed E-state index contributed by atoms with van der Waals surface area (Å²) in [6, 6.07) is 89.4. The van der Waals surface area contributed by atoms with E-state index in [1.54, 1.807) is 0 Å². The van der Waals surface area contributed by atoms with Gasteiger partial charge in [0.2, 0.25) is 0 Å². The number of anilines is 3. The largest absolute Gasteiger partial charge is 0.455 e. The Morgan fingerprint density at radius 3 is 1.33 bits per heavy atom. The van der Waals surface area contributed by atoms with E-state index in [4.69, 9.17) is 8.83 Å². The molecule has 70 heavy (non-hydrogen) atoms. The van der Waals surface area contributed by atoms with Gasteiger partial charge in [-0.25, -0.2) is 0 Å². The molecule has 0 fully saturated rings. The molecule has 0 saturated heterocycles. The van der Waals surface area contributed by atoms with Gasteiger partial charge in [0.1, 0.15) is 22.3 Å². The molecule has 0 atom stereocenters. The van der Waals surface area contributed by atoms with Crippen molar-refractivity contribution in [1.82, 2.24) is 0 Å². The Morgan fingerprint density at radius 2 is 0.729 bits per heavy atom. The number of thiophene rings is 1. The lowest BCUT2D eigenvalue weighted by Gasteiger charge is -2.29. The number of rotatable bonds is 8. The van der Waals surface area contributed by atoms with E-state index in [1.165, 1.54) is 31.3 Å². The highest BCUT2D eigenvalue weighted by Crippen LogP contribution is 2.46. The smallest absolute Gasteiger partial charge is 0.143 e. The first-order chi connectivity index (χ1) is 34.7. The fourth-order valence-corrected chi connectivity index (χ4v) is 11.8. The van der Waals surface area contributed by atoms with Crippen LogP contribution in [0.15, 0.2) is 258 Å². The molecule has 0 unspecified atom stereocenters. The van der Waals surface area contributed by atoms with Crippen LogP contribution in [0.3, 0.4) is 0 Å². The Kier molecular flexibility index (Phi) is 9.39. The predicted octanol–water partition coefficient (Wildman–Crippen LogP) is 19.7. The molecular formula is C66H41NO2S. The molecule has 0 amide bonds. The second-order valence-corrected chi connectivity index (χ2v) is 19.0. The second kappa shape index (κ2) is 16.4. The maximum atomic E-state index is 6.52. The summed E-state index contributed by atoms with van der Waals surface area (Å²) >= 11 is 1.87. The van der Waals surface area contributed by atoms with E-state index in [2.05, 4.69) is 229 Å². The third-order valence-corrected chi connectivity index (χ3v) is 15.2. The van der Waals surface area contributed by atoms with Gasteiger partial charge in [-0.15, -0.1) is 11.3 Å². The van der Waals surface area contributed by atoms with E-state index in [0.29, 0.717) is 0 Å². The number of furan rings is 2. The third kappa shape index (κ3) is 6.64. The summed E-state index contributed by atoms with van der Waals surface area (Å²) in [5.41, 5.74) is 18.0. The van der Waals surface area contributed by atoms with Crippen LogP contribution in [0.2, 0.25) is 0 Å². The first-order valence-corrected chi connectivity index (χ1v) is 24.5. The van der Waals surface area contributed by atoms with Gasteiger partial charge in [-0.05, 0) is 87.5 Å². The minimum Gasteiger partial charge on any atom is -0.455 e. The lowest BCUT2D eigenvalue weighted by atomic mass is 9.94. The molecule has 0 saturated carbocycles. The highest BCUT2D eigenvalue weighted by molar-refractivity contribution is 7.26. The van der Waals surface area contributed by atoms with E-state index < -0.39 is 0 Å². The minimum atomic E-state index is 0.892. The monoisotopic (exact) mass is 911 g/mol. The highest BCUT2D eigenvalue weighted by atomic mass is 32.1. The molecule has 4 heteroatoms. The van der Waals surface area contributed by atoms with Crippen molar-refractivity contribution in [3.63, 3.8) is 0 Å². The van der Waals surface area contributed by atoms with Gasteiger partial charge in [-0.3, -0.25) is 0 Å². The molecule has 0 spiro atoms. The standard InChI is InChI=1S/C66H41NO2S/c1-2-13-42(14-3-1)47-35-40-50(43-27-29-46(30-28-43)53-20-12-23-59-56-17-6-9-26-63(56)70-66(53)59)60(41-47)67(48-36-31-44(32-37-48)51-18-10-21-57-54-15-4-7-24-61(54)68-64(51)57)49-38-33-45(34-39-49)52-19-11-22-58-55-16-5-8-25-62(55)69-65(52)58/h1-41H. The van der Waals surface area contributed by atoms with Gasteiger partial charge in [-0.1, -0.05) is 200 Å². The van der Waals surface area contributed by atoms with Crippen molar-refractivity contribution in [3.05, 3.63) is 249 Å². The van der Waals surface area contributed by atoms with Crippen molar-refractivity contribution < 1.29 is 8.83 Å². The van der Waals surface area contributed by atoms with Crippen LogP contribution in [0.25, 0.3) is 120 Å². The van der Waals surface area contributed by atoms with E-state index in [0.717, 1.165) is 105 Å². The van der Waals surface area contributed by atoms with Crippen molar-refractivity contribution in [2.45, 2.75) is 0 Å². The van der Waals surface area contributed by atoms with Gasteiger partial charge < -0.3 is 13.7 Å². The lowest BCUT2D eigenvalue weighted by Crippen LogP contribution is -2.11. The third-order valence-electron chi connectivity index (χ3n) is 13.9. The van der Waals surface area contributed by atoms with Gasteiger partial charge >= 0.3 is 0 Å². The second-order valence-electron chi connectivity index (χ2n) is 17.9. The van der Waals surface area contributed by atoms with Crippen LogP contribution < -0.4 is 4.90 Å². The molecule has 328 valence electrons. The molecule has 0 bridgehead atoms. The van der Waals surface area contributed by atoms with Crippen LogP contribution in [0.5, 0.6) is 0 Å². The summed E-state index contributed by atoms with van der Waals surface area (Å²) in [5, 5.41) is 7.09. The molecule has 3 heterocycles. The SMILES string of the molecule is c1ccc(-c2ccc(-c3ccc(-c4cccc5c4sc4ccccc45)cc3)c(N(c3ccc(-c4cccc5c4oc4ccccc45)cc3)c3ccc(-c4cccc5c4oc4ccccc45)cc3)c2)cc1. The quantitative estimate of drug-likeness (QED) is 0.152. The zero-order chi connectivity index (χ0) is 46.1. The van der Waals surface area contributed by atoms with Crippen molar-refractivity contribution in [2.75, 3.05) is 4.90 Å². The molecule has 3 nitrogen and oxygen atoms in total. The number of para-hydroxylation sites is 4. The summed E-state index contributed by atoms with van der Waals surface area (Å²) in [6.45, 7) is 0. The fourth-order valence-electron chi connectivity index (χ4n) is 10.5. The average molecular weight is 912 g/mol. The van der Waals surface area contributed by atoms with Gasteiger partial charge in [0.25, 0.3) is 0 Å². The van der Waals surface area contributed by atoms with Gasteiger partial charge in [-0.2, -0.15) is 0 Å². The predicted molar refractivity (Wildman–Crippen MR) is 296 cm³/mol. The normalized spacial score (nSPS) is 11.7. The van der Waals surface area contributed by atoms with Crippen LogP contribution in [-0.4, -0.2) is 0 Å². The van der Waals surface area contributed by atoms with Crippen LogP contribution in [0.1, 0.15) is 0 Å². The van der Waals surface area contributed by atoms with Crippen LogP contribution in [0, 0.1) is 0 Å². The molecule has 14 aromatic rings.